The molecule has 2 aromatic heterocycles. The lowest BCUT2D eigenvalue weighted by atomic mass is 10.2. The molecule has 0 aliphatic heterocycles. The van der Waals surface area contributed by atoms with Crippen molar-refractivity contribution in [1.82, 2.24) is 9.97 Å². The first-order valence-corrected chi connectivity index (χ1v) is 7.96. The Bertz CT molecular complexity index is 966. The van der Waals surface area contributed by atoms with Gasteiger partial charge in [-0.3, -0.25) is 4.79 Å². The first-order chi connectivity index (χ1) is 12.5. The minimum Gasteiger partial charge on any atom is -0.461 e. The molecule has 0 saturated carbocycles. The molecular weight excluding hydrogens is 339 g/mol. The van der Waals surface area contributed by atoms with E-state index in [1.54, 1.807) is 25.1 Å². The molecule has 3 rings (SSSR count). The predicted octanol–water partition coefficient (Wildman–Crippen LogP) is 3.58. The van der Waals surface area contributed by atoms with Crippen LogP contribution in [-0.2, 0) is 9.53 Å². The number of fused-ring (bicyclic) bond motifs is 1. The molecule has 0 radical (unpaired) electrons. The van der Waals surface area contributed by atoms with Crippen molar-refractivity contribution in [2.75, 3.05) is 17.2 Å². The molecule has 8 heteroatoms. The number of hydrogen-bond acceptors (Lipinski definition) is 5. The Morgan fingerprint density at radius 3 is 2.73 bits per heavy atom. The monoisotopic (exact) mass is 356 g/mol. The van der Waals surface area contributed by atoms with Gasteiger partial charge in [0.05, 0.1) is 24.0 Å². The van der Waals surface area contributed by atoms with Gasteiger partial charge in [-0.25, -0.2) is 14.2 Å². The van der Waals surface area contributed by atoms with Crippen LogP contribution in [0.4, 0.5) is 21.6 Å². The number of amides is 1. The molecule has 1 amide bonds. The van der Waals surface area contributed by atoms with Gasteiger partial charge in [0, 0.05) is 18.0 Å². The molecule has 0 bridgehead atoms. The molecule has 3 aromatic rings. The molecule has 0 unspecified atom stereocenters. The number of hydrogen-bond donors (Lipinski definition) is 3. The lowest BCUT2D eigenvalue weighted by molar-refractivity contribution is -0.114. The first kappa shape index (κ1) is 17.4. The van der Waals surface area contributed by atoms with Crippen LogP contribution in [0.15, 0.2) is 36.5 Å². The molecular formula is C18H17FN4O3. The minimum absolute atomic E-state index is 0.229. The van der Waals surface area contributed by atoms with Crippen LogP contribution < -0.4 is 10.6 Å². The van der Waals surface area contributed by atoms with Gasteiger partial charge in [0.25, 0.3) is 0 Å². The zero-order valence-corrected chi connectivity index (χ0v) is 14.2. The fraction of sp³-hybridized carbons (Fsp3) is 0.167. The Kier molecular flexibility index (Phi) is 4.83. The number of nitrogens with zero attached hydrogens (tertiary/aromatic N) is 1. The Morgan fingerprint density at radius 1 is 1.27 bits per heavy atom. The van der Waals surface area contributed by atoms with Gasteiger partial charge in [-0.1, -0.05) is 0 Å². The van der Waals surface area contributed by atoms with Gasteiger partial charge >= 0.3 is 5.97 Å². The van der Waals surface area contributed by atoms with Crippen LogP contribution >= 0.6 is 0 Å². The third-order valence-corrected chi connectivity index (χ3v) is 3.54. The summed E-state index contributed by atoms with van der Waals surface area (Å²) in [6.45, 7) is 3.39. The number of ether oxygens (including phenoxy) is 1. The summed E-state index contributed by atoms with van der Waals surface area (Å²) in [6.07, 6.45) is 1.10. The highest BCUT2D eigenvalue weighted by Gasteiger charge is 2.14. The number of pyridine rings is 1. The topological polar surface area (TPSA) is 96.1 Å². The lowest BCUT2D eigenvalue weighted by Gasteiger charge is -2.10. The Labute approximate surface area is 148 Å². The van der Waals surface area contributed by atoms with E-state index in [2.05, 4.69) is 20.6 Å². The highest BCUT2D eigenvalue weighted by atomic mass is 19.1. The number of anilines is 3. The van der Waals surface area contributed by atoms with E-state index in [1.165, 1.54) is 19.1 Å². The van der Waals surface area contributed by atoms with Crippen LogP contribution in [0.2, 0.25) is 0 Å². The molecule has 0 saturated heterocycles. The quantitative estimate of drug-likeness (QED) is 0.607. The summed E-state index contributed by atoms with van der Waals surface area (Å²) in [5, 5.41) is 6.47. The summed E-state index contributed by atoms with van der Waals surface area (Å²) in [6, 6.07) is 7.84. The fourth-order valence-corrected chi connectivity index (χ4v) is 2.52. The SMILES string of the molecule is CCOC(=O)c1cc2c(Nc3ccc(F)cn3)cc(NC(C)=O)cc2[nH]1. The van der Waals surface area contributed by atoms with Crippen molar-refractivity contribution in [3.63, 3.8) is 0 Å². The number of carbonyl (C=O) groups is 2. The maximum absolute atomic E-state index is 13.1. The number of esters is 1. The third kappa shape index (κ3) is 3.80. The smallest absolute Gasteiger partial charge is 0.354 e. The molecule has 0 aliphatic rings. The average molecular weight is 356 g/mol. The number of nitrogens with one attached hydrogen (secondary N) is 3. The Morgan fingerprint density at radius 2 is 2.08 bits per heavy atom. The second kappa shape index (κ2) is 7.22. The highest BCUT2D eigenvalue weighted by Crippen LogP contribution is 2.31. The third-order valence-electron chi connectivity index (χ3n) is 3.54. The average Bonchev–Trinajstić information content (AvgIpc) is 3.01. The molecule has 0 spiro atoms. The number of benzene rings is 1. The second-order valence-corrected chi connectivity index (χ2v) is 5.56. The Balaban J connectivity index is 2.06. The standard InChI is InChI=1S/C18H17FN4O3/c1-3-26-18(25)16-8-13-14(22-16)6-12(21-10(2)24)7-15(13)23-17-5-4-11(19)9-20-17/h4-9,22H,3H2,1-2H3,(H,20,23)(H,21,24). The maximum atomic E-state index is 13.1. The van der Waals surface area contributed by atoms with Crippen molar-refractivity contribution in [3.8, 4) is 0 Å². The van der Waals surface area contributed by atoms with Crippen molar-refractivity contribution in [2.45, 2.75) is 13.8 Å². The van der Waals surface area contributed by atoms with Crippen LogP contribution in [0.1, 0.15) is 24.3 Å². The molecule has 7 nitrogen and oxygen atoms in total. The van der Waals surface area contributed by atoms with Crippen LogP contribution in [0.3, 0.4) is 0 Å². The van der Waals surface area contributed by atoms with Crippen molar-refractivity contribution in [1.29, 1.82) is 0 Å². The lowest BCUT2D eigenvalue weighted by Crippen LogP contribution is -2.06. The number of H-pyrrole nitrogens is 1. The van der Waals surface area contributed by atoms with Gasteiger partial charge in [0.2, 0.25) is 5.91 Å². The molecule has 3 N–H and O–H groups in total. The van der Waals surface area contributed by atoms with E-state index in [0.717, 1.165) is 6.20 Å². The van der Waals surface area contributed by atoms with Gasteiger partial charge in [0.15, 0.2) is 0 Å². The van der Waals surface area contributed by atoms with Crippen molar-refractivity contribution in [2.24, 2.45) is 0 Å². The van der Waals surface area contributed by atoms with E-state index < -0.39 is 11.8 Å². The summed E-state index contributed by atoms with van der Waals surface area (Å²) in [5.74, 6) is -0.728. The van der Waals surface area contributed by atoms with Crippen molar-refractivity contribution in [3.05, 3.63) is 48.0 Å². The molecule has 26 heavy (non-hydrogen) atoms. The molecule has 2 heterocycles. The summed E-state index contributed by atoms with van der Waals surface area (Å²) in [7, 11) is 0. The normalized spacial score (nSPS) is 10.6. The number of carbonyl (C=O) groups excluding carboxylic acids is 2. The largest absolute Gasteiger partial charge is 0.461 e. The van der Waals surface area contributed by atoms with E-state index >= 15 is 0 Å². The van der Waals surface area contributed by atoms with E-state index in [9.17, 15) is 14.0 Å². The van der Waals surface area contributed by atoms with Gasteiger partial charge in [-0.05, 0) is 37.3 Å². The number of aromatic nitrogens is 2. The van der Waals surface area contributed by atoms with Gasteiger partial charge in [0.1, 0.15) is 17.3 Å². The van der Waals surface area contributed by atoms with E-state index in [4.69, 9.17) is 4.74 Å². The van der Waals surface area contributed by atoms with E-state index in [-0.39, 0.29) is 18.2 Å². The van der Waals surface area contributed by atoms with Gasteiger partial charge in [-0.15, -0.1) is 0 Å². The van der Waals surface area contributed by atoms with Crippen molar-refractivity contribution < 1.29 is 18.7 Å². The Hall–Kier alpha value is -3.42. The van der Waals surface area contributed by atoms with E-state index in [1.807, 2.05) is 0 Å². The maximum Gasteiger partial charge on any atom is 0.354 e. The van der Waals surface area contributed by atoms with Crippen LogP contribution in [0.5, 0.6) is 0 Å². The van der Waals surface area contributed by atoms with Crippen LogP contribution in [-0.4, -0.2) is 28.5 Å². The van der Waals surface area contributed by atoms with Gasteiger partial charge < -0.3 is 20.4 Å². The molecule has 0 fully saturated rings. The zero-order chi connectivity index (χ0) is 18.7. The highest BCUT2D eigenvalue weighted by molar-refractivity contribution is 6.03. The predicted molar refractivity (Wildman–Crippen MR) is 96.0 cm³/mol. The molecule has 0 aliphatic carbocycles. The van der Waals surface area contributed by atoms with Crippen LogP contribution in [0, 0.1) is 5.82 Å². The number of aromatic amines is 1. The summed E-state index contributed by atoms with van der Waals surface area (Å²) < 4.78 is 18.1. The zero-order valence-electron chi connectivity index (χ0n) is 14.2. The summed E-state index contributed by atoms with van der Waals surface area (Å²) in [5.41, 5.74) is 2.05. The first-order valence-electron chi connectivity index (χ1n) is 7.96. The second-order valence-electron chi connectivity index (χ2n) is 5.56. The van der Waals surface area contributed by atoms with Crippen LogP contribution in [0.25, 0.3) is 10.9 Å². The van der Waals surface area contributed by atoms with Crippen molar-refractivity contribution >= 4 is 40.0 Å². The summed E-state index contributed by atoms with van der Waals surface area (Å²) in [4.78, 5) is 30.3. The van der Waals surface area contributed by atoms with Gasteiger partial charge in [-0.2, -0.15) is 0 Å². The molecule has 134 valence electrons. The minimum atomic E-state index is -0.476. The number of rotatable bonds is 5. The van der Waals surface area contributed by atoms with E-state index in [0.29, 0.717) is 28.1 Å². The summed E-state index contributed by atoms with van der Waals surface area (Å²) >= 11 is 0. The molecule has 0 atom stereocenters. The number of halogens is 1. The molecule has 1 aromatic carbocycles. The fourth-order valence-electron chi connectivity index (χ4n) is 2.52.